The fourth-order valence-corrected chi connectivity index (χ4v) is 7.85. The van der Waals surface area contributed by atoms with Crippen molar-refractivity contribution in [3.05, 3.63) is 108 Å². The van der Waals surface area contributed by atoms with Crippen molar-refractivity contribution in [1.29, 1.82) is 0 Å². The molecule has 60 heavy (non-hydrogen) atoms. The van der Waals surface area contributed by atoms with Crippen molar-refractivity contribution in [2.45, 2.75) is 19.6 Å². The van der Waals surface area contributed by atoms with Crippen LogP contribution >= 0.6 is 12.0 Å². The van der Waals surface area contributed by atoms with E-state index in [1.54, 1.807) is 0 Å². The van der Waals surface area contributed by atoms with Crippen LogP contribution in [0.4, 0.5) is 27.5 Å². The predicted octanol–water partition coefficient (Wildman–Crippen LogP) is 5.72. The molecular weight excluding hydrogens is 877 g/mol. The van der Waals surface area contributed by atoms with Crippen molar-refractivity contribution in [3.63, 3.8) is 0 Å². The Hall–Kier alpha value is -6.39. The number of phenols is 2. The van der Waals surface area contributed by atoms with Gasteiger partial charge in [0.25, 0.3) is 42.2 Å². The summed E-state index contributed by atoms with van der Waals surface area (Å²) in [5.74, 6) is -3.00. The highest BCUT2D eigenvalue weighted by molar-refractivity contribution is 7.94. The zero-order chi connectivity index (χ0) is 43.7. The van der Waals surface area contributed by atoms with E-state index >= 15 is 0 Å². The minimum Gasteiger partial charge on any atom is -0.507 e. The second-order valence-corrected chi connectivity index (χ2v) is 17.4. The molecule has 21 nitrogen and oxygen atoms in total. The first-order chi connectivity index (χ1) is 28.1. The van der Waals surface area contributed by atoms with Gasteiger partial charge >= 0.3 is 6.03 Å². The maximum Gasteiger partial charge on any atom is 0.323 e. The SMILES string of the molecule is O=C(Nc1cccc(C(=O)Nc2cc(S(=O)(=O)O)cc3cc(SOOO)cc(O)c23)c1)Nc1cccc(C(=O)Nc2cc(S(=O)(=O)O)cc3cc(S(=O)(=O)O)cc(O)c23)c1. The van der Waals surface area contributed by atoms with Crippen LogP contribution in [0.5, 0.6) is 11.5 Å². The van der Waals surface area contributed by atoms with E-state index in [1.165, 1.54) is 54.6 Å². The summed E-state index contributed by atoms with van der Waals surface area (Å²) in [7, 11) is -14.6. The van der Waals surface area contributed by atoms with Gasteiger partial charge in [-0.3, -0.25) is 23.2 Å². The van der Waals surface area contributed by atoms with Crippen LogP contribution in [-0.4, -0.2) is 72.2 Å². The Labute approximate surface area is 341 Å². The third kappa shape index (κ3) is 9.89. The van der Waals surface area contributed by atoms with Crippen LogP contribution in [0.3, 0.4) is 0 Å². The van der Waals surface area contributed by atoms with Gasteiger partial charge in [-0.1, -0.05) is 17.2 Å². The zero-order valence-electron chi connectivity index (χ0n) is 29.5. The van der Waals surface area contributed by atoms with Gasteiger partial charge in [-0.2, -0.15) is 25.3 Å². The second kappa shape index (κ2) is 16.7. The van der Waals surface area contributed by atoms with Gasteiger partial charge in [0.05, 0.1) is 38.1 Å². The molecule has 0 bridgehead atoms. The zero-order valence-corrected chi connectivity index (χ0v) is 32.8. The van der Waals surface area contributed by atoms with Crippen molar-refractivity contribution < 1.29 is 78.1 Å². The molecule has 0 unspecified atom stereocenters. The van der Waals surface area contributed by atoms with Gasteiger partial charge in [-0.15, -0.1) is 4.33 Å². The number of anilines is 4. The van der Waals surface area contributed by atoms with Crippen molar-refractivity contribution >= 4 is 105 Å². The molecule has 0 atom stereocenters. The summed E-state index contributed by atoms with van der Waals surface area (Å²) in [5.41, 5.74) is -0.681. The fourth-order valence-electron chi connectivity index (χ4n) is 5.78. The quantitative estimate of drug-likeness (QED) is 0.0304. The molecule has 0 spiro atoms. The molecule has 0 radical (unpaired) electrons. The molecule has 0 aromatic heterocycles. The number of phenolic OH excluding ortho intramolecular Hbond substituents is 2. The maximum absolute atomic E-state index is 13.4. The first-order valence-electron chi connectivity index (χ1n) is 16.2. The van der Waals surface area contributed by atoms with E-state index in [1.807, 2.05) is 0 Å². The van der Waals surface area contributed by atoms with E-state index in [2.05, 4.69) is 30.6 Å². The Morgan fingerprint density at radius 1 is 0.533 bits per heavy atom. The van der Waals surface area contributed by atoms with Crippen LogP contribution in [0.1, 0.15) is 20.7 Å². The lowest BCUT2D eigenvalue weighted by atomic mass is 10.1. The Morgan fingerprint density at radius 2 is 0.950 bits per heavy atom. The van der Waals surface area contributed by atoms with Crippen LogP contribution in [0.2, 0.25) is 0 Å². The lowest BCUT2D eigenvalue weighted by Crippen LogP contribution is -2.20. The summed E-state index contributed by atoms with van der Waals surface area (Å²) in [6.45, 7) is 0. The highest BCUT2D eigenvalue weighted by Gasteiger charge is 2.22. The first kappa shape index (κ1) is 43.2. The topological polar surface area (TPSA) is 342 Å². The summed E-state index contributed by atoms with van der Waals surface area (Å²) < 4.78 is 105. The Kier molecular flexibility index (Phi) is 12.0. The third-order valence-corrected chi connectivity index (χ3v) is 11.3. The maximum atomic E-state index is 13.4. The molecule has 6 rings (SSSR count). The molecule has 25 heteroatoms. The number of hydrogen-bond acceptors (Lipinski definition) is 15. The number of benzene rings is 6. The summed E-state index contributed by atoms with van der Waals surface area (Å²) in [6.07, 6.45) is 0. The van der Waals surface area contributed by atoms with Gasteiger partial charge in [0, 0.05) is 44.2 Å². The van der Waals surface area contributed by atoms with Gasteiger partial charge in [-0.05, 0) is 89.6 Å². The number of rotatable bonds is 12. The molecule has 6 aromatic carbocycles. The van der Waals surface area contributed by atoms with Crippen LogP contribution in [0.15, 0.2) is 117 Å². The largest absolute Gasteiger partial charge is 0.507 e. The standard InChI is InChI=1S/C35H26N4O17S4/c40-29-13-23(57-56-55-45)9-19-10-24(58(46,47)48)14-27(31(19)29)38-33(42)17-3-1-5-21(7-17)36-35(44)37-22-6-2-4-18(8-22)34(43)39-28-15-25(59(49,50)51)11-20-12-26(60(52,53)54)16-30(41)32(20)28/h1-16,40-41,45H,(H,38,42)(H,39,43)(H2,36,37,44)(H,46,47,48)(H,49,50,51)(H,52,53,54). The minimum atomic E-state index is -4.94. The molecule has 312 valence electrons. The Morgan fingerprint density at radius 3 is 1.38 bits per heavy atom. The summed E-state index contributed by atoms with van der Waals surface area (Å²) in [5, 5.41) is 42.6. The van der Waals surface area contributed by atoms with Gasteiger partial charge < -0.3 is 31.5 Å². The van der Waals surface area contributed by atoms with Gasteiger partial charge in [-0.25, -0.2) is 10.1 Å². The molecule has 0 saturated carbocycles. The molecule has 10 N–H and O–H groups in total. The summed E-state index contributed by atoms with van der Waals surface area (Å²) in [4.78, 5) is 37.6. The van der Waals surface area contributed by atoms with E-state index in [0.29, 0.717) is 18.1 Å². The van der Waals surface area contributed by atoms with E-state index in [4.69, 9.17) is 5.26 Å². The van der Waals surface area contributed by atoms with Crippen molar-refractivity contribution in [1.82, 2.24) is 0 Å². The van der Waals surface area contributed by atoms with E-state index in [9.17, 15) is 63.5 Å². The average molecular weight is 903 g/mol. The van der Waals surface area contributed by atoms with Crippen LogP contribution in [-0.2, 0) is 39.7 Å². The van der Waals surface area contributed by atoms with E-state index < -0.39 is 74.4 Å². The smallest absolute Gasteiger partial charge is 0.323 e. The summed E-state index contributed by atoms with van der Waals surface area (Å²) >= 11 is 0.450. The monoisotopic (exact) mass is 902 g/mol. The molecule has 0 fully saturated rings. The highest BCUT2D eigenvalue weighted by Crippen LogP contribution is 2.39. The van der Waals surface area contributed by atoms with Gasteiger partial charge in [0.1, 0.15) is 11.5 Å². The number of nitrogens with one attached hydrogen (secondary N) is 4. The predicted molar refractivity (Wildman–Crippen MR) is 213 cm³/mol. The van der Waals surface area contributed by atoms with Crippen LogP contribution < -0.4 is 21.3 Å². The third-order valence-electron chi connectivity index (χ3n) is 8.27. The number of amides is 4. The molecule has 0 aliphatic rings. The Bertz CT molecular complexity index is 3100. The highest BCUT2D eigenvalue weighted by atomic mass is 32.2. The van der Waals surface area contributed by atoms with Crippen molar-refractivity contribution in [2.75, 3.05) is 21.3 Å². The second-order valence-electron chi connectivity index (χ2n) is 12.3. The number of hydrogen-bond donors (Lipinski definition) is 10. The molecule has 0 heterocycles. The number of aromatic hydroxyl groups is 2. The number of carbonyl (C=O) groups is 3. The normalized spacial score (nSPS) is 11.9. The molecule has 6 aromatic rings. The number of fused-ring (bicyclic) bond motifs is 2. The molecule has 0 saturated heterocycles. The minimum absolute atomic E-state index is 0.0223. The average Bonchev–Trinajstić information content (AvgIpc) is 3.15. The van der Waals surface area contributed by atoms with Crippen LogP contribution in [0, 0.1) is 0 Å². The fraction of sp³-hybridized carbons (Fsp3) is 0. The van der Waals surface area contributed by atoms with Gasteiger partial charge in [0.2, 0.25) is 0 Å². The summed E-state index contributed by atoms with van der Waals surface area (Å²) in [6, 6.07) is 17.3. The van der Waals surface area contributed by atoms with E-state index in [-0.39, 0.29) is 60.3 Å². The van der Waals surface area contributed by atoms with Gasteiger partial charge in [0.15, 0.2) is 0 Å². The molecular formula is C35H26N4O17S4. The van der Waals surface area contributed by atoms with Crippen molar-refractivity contribution in [3.8, 4) is 11.5 Å². The molecule has 4 amide bonds. The number of urea groups is 1. The molecule has 0 aliphatic carbocycles. The molecule has 0 aliphatic heterocycles. The van der Waals surface area contributed by atoms with E-state index in [0.717, 1.165) is 36.4 Å². The lowest BCUT2D eigenvalue weighted by molar-refractivity contribution is -0.432. The number of carbonyl (C=O) groups excluding carboxylic acids is 3. The van der Waals surface area contributed by atoms with Crippen molar-refractivity contribution in [2.24, 2.45) is 0 Å². The lowest BCUT2D eigenvalue weighted by Gasteiger charge is -2.14. The van der Waals surface area contributed by atoms with Crippen LogP contribution in [0.25, 0.3) is 21.5 Å². The Balaban J connectivity index is 1.20. The first-order valence-corrected chi connectivity index (χ1v) is 21.3.